The van der Waals surface area contributed by atoms with Crippen molar-refractivity contribution in [1.29, 1.82) is 0 Å². The minimum Gasteiger partial charge on any atom is -0.381 e. The Kier molecular flexibility index (Phi) is 2.71. The zero-order valence-corrected chi connectivity index (χ0v) is 9.34. The van der Waals surface area contributed by atoms with Crippen LogP contribution in [0.15, 0.2) is 0 Å². The lowest BCUT2D eigenvalue weighted by molar-refractivity contribution is -0.123. The highest BCUT2D eigenvalue weighted by Crippen LogP contribution is 2.43. The van der Waals surface area contributed by atoms with Gasteiger partial charge in [-0.25, -0.2) is 0 Å². The van der Waals surface area contributed by atoms with Gasteiger partial charge in [-0.1, -0.05) is 0 Å². The third kappa shape index (κ3) is 1.71. The van der Waals surface area contributed by atoms with Crippen LogP contribution in [0.3, 0.4) is 0 Å². The van der Waals surface area contributed by atoms with Crippen LogP contribution >= 0.6 is 0 Å². The molecule has 1 N–H and O–H groups in total. The van der Waals surface area contributed by atoms with E-state index < -0.39 is 0 Å². The predicted octanol–water partition coefficient (Wildman–Crippen LogP) is 1.18. The summed E-state index contributed by atoms with van der Waals surface area (Å²) in [6.45, 7) is 4.97. The molecular formula is C12H21NO2. The number of ether oxygens (including phenoxy) is 2. The van der Waals surface area contributed by atoms with Crippen molar-refractivity contribution in [2.45, 2.75) is 31.7 Å². The van der Waals surface area contributed by atoms with E-state index in [0.717, 1.165) is 32.3 Å². The summed E-state index contributed by atoms with van der Waals surface area (Å²) in [4.78, 5) is 0. The van der Waals surface area contributed by atoms with Gasteiger partial charge in [0.25, 0.3) is 0 Å². The van der Waals surface area contributed by atoms with Gasteiger partial charge < -0.3 is 14.8 Å². The van der Waals surface area contributed by atoms with Crippen molar-refractivity contribution >= 4 is 0 Å². The first-order chi connectivity index (χ1) is 7.41. The molecule has 2 unspecified atom stereocenters. The molecule has 0 bridgehead atoms. The van der Waals surface area contributed by atoms with Crippen LogP contribution in [0.25, 0.3) is 0 Å². The van der Waals surface area contributed by atoms with E-state index in [4.69, 9.17) is 9.47 Å². The maximum atomic E-state index is 5.84. The molecule has 3 heterocycles. The Morgan fingerprint density at radius 3 is 2.87 bits per heavy atom. The highest BCUT2D eigenvalue weighted by molar-refractivity contribution is 5.00. The summed E-state index contributed by atoms with van der Waals surface area (Å²) in [7, 11) is 0. The molecular weight excluding hydrogens is 190 g/mol. The lowest BCUT2D eigenvalue weighted by Crippen LogP contribution is -2.60. The summed E-state index contributed by atoms with van der Waals surface area (Å²) in [6, 6.07) is 0.698. The maximum Gasteiger partial charge on any atom is 0.0539 e. The van der Waals surface area contributed by atoms with E-state index in [2.05, 4.69) is 5.32 Å². The molecule has 0 amide bonds. The third-order valence-corrected chi connectivity index (χ3v) is 4.46. The van der Waals surface area contributed by atoms with Crippen LogP contribution in [-0.2, 0) is 9.47 Å². The summed E-state index contributed by atoms with van der Waals surface area (Å²) in [5.74, 6) is 0.755. The largest absolute Gasteiger partial charge is 0.381 e. The summed E-state index contributed by atoms with van der Waals surface area (Å²) in [6.07, 6.45) is 5.03. The van der Waals surface area contributed by atoms with Gasteiger partial charge in [0, 0.05) is 24.7 Å². The number of piperidine rings is 1. The first kappa shape index (κ1) is 10.1. The SMILES string of the molecule is C1CNC2C(C1)COCC21CCOCC1. The summed E-state index contributed by atoms with van der Waals surface area (Å²) >= 11 is 0. The van der Waals surface area contributed by atoms with Crippen molar-refractivity contribution in [1.82, 2.24) is 5.32 Å². The molecule has 0 radical (unpaired) electrons. The quantitative estimate of drug-likeness (QED) is 0.652. The molecule has 86 valence electrons. The van der Waals surface area contributed by atoms with Crippen molar-refractivity contribution in [2.75, 3.05) is 33.0 Å². The molecule has 3 aliphatic heterocycles. The molecule has 3 aliphatic rings. The molecule has 2 atom stereocenters. The summed E-state index contributed by atoms with van der Waals surface area (Å²) in [5, 5.41) is 3.75. The molecule has 3 nitrogen and oxygen atoms in total. The number of fused-ring (bicyclic) bond motifs is 2. The normalized spacial score (nSPS) is 40.0. The van der Waals surface area contributed by atoms with E-state index >= 15 is 0 Å². The summed E-state index contributed by atoms with van der Waals surface area (Å²) < 4.78 is 11.3. The fraction of sp³-hybridized carbons (Fsp3) is 1.00. The third-order valence-electron chi connectivity index (χ3n) is 4.46. The highest BCUT2D eigenvalue weighted by atomic mass is 16.5. The van der Waals surface area contributed by atoms with Gasteiger partial charge in [0.15, 0.2) is 0 Å². The van der Waals surface area contributed by atoms with E-state index in [1.165, 1.54) is 32.2 Å². The van der Waals surface area contributed by atoms with E-state index in [1.54, 1.807) is 0 Å². The van der Waals surface area contributed by atoms with Gasteiger partial charge in [0.1, 0.15) is 0 Å². The van der Waals surface area contributed by atoms with Crippen molar-refractivity contribution in [3.63, 3.8) is 0 Å². The maximum absolute atomic E-state index is 5.84. The second kappa shape index (κ2) is 4.04. The molecule has 0 saturated carbocycles. The zero-order chi connectivity index (χ0) is 10.1. The predicted molar refractivity (Wildman–Crippen MR) is 57.8 cm³/mol. The van der Waals surface area contributed by atoms with Crippen LogP contribution in [0.4, 0.5) is 0 Å². The summed E-state index contributed by atoms with van der Waals surface area (Å²) in [5.41, 5.74) is 0.390. The molecule has 3 saturated heterocycles. The minimum absolute atomic E-state index is 0.390. The first-order valence-electron chi connectivity index (χ1n) is 6.30. The lowest BCUT2D eigenvalue weighted by atomic mass is 9.66. The van der Waals surface area contributed by atoms with Crippen LogP contribution in [-0.4, -0.2) is 39.0 Å². The molecule has 0 aromatic carbocycles. The zero-order valence-electron chi connectivity index (χ0n) is 9.34. The average molecular weight is 211 g/mol. The number of nitrogens with one attached hydrogen (secondary N) is 1. The Bertz CT molecular complexity index is 218. The van der Waals surface area contributed by atoms with Gasteiger partial charge in [-0.05, 0) is 38.1 Å². The van der Waals surface area contributed by atoms with Gasteiger partial charge >= 0.3 is 0 Å². The molecule has 15 heavy (non-hydrogen) atoms. The Morgan fingerprint density at radius 1 is 1.13 bits per heavy atom. The van der Waals surface area contributed by atoms with Crippen LogP contribution in [0.5, 0.6) is 0 Å². The fourth-order valence-electron chi connectivity index (χ4n) is 3.59. The Hall–Kier alpha value is -0.120. The van der Waals surface area contributed by atoms with Gasteiger partial charge in [-0.15, -0.1) is 0 Å². The first-order valence-corrected chi connectivity index (χ1v) is 6.30. The second-order valence-corrected chi connectivity index (χ2v) is 5.32. The fourth-order valence-corrected chi connectivity index (χ4v) is 3.59. The smallest absolute Gasteiger partial charge is 0.0539 e. The molecule has 1 spiro atoms. The Labute approximate surface area is 91.5 Å². The van der Waals surface area contributed by atoms with Crippen LogP contribution in [0.1, 0.15) is 25.7 Å². The van der Waals surface area contributed by atoms with Crippen LogP contribution < -0.4 is 5.32 Å². The topological polar surface area (TPSA) is 30.5 Å². The lowest BCUT2D eigenvalue weighted by Gasteiger charge is -2.52. The van der Waals surface area contributed by atoms with Crippen molar-refractivity contribution in [3.05, 3.63) is 0 Å². The molecule has 3 fully saturated rings. The van der Waals surface area contributed by atoms with Gasteiger partial charge in [-0.3, -0.25) is 0 Å². The number of rotatable bonds is 0. The van der Waals surface area contributed by atoms with E-state index in [1.807, 2.05) is 0 Å². The average Bonchev–Trinajstić information content (AvgIpc) is 2.31. The molecule has 0 aromatic heterocycles. The molecule has 3 rings (SSSR count). The van der Waals surface area contributed by atoms with Gasteiger partial charge in [-0.2, -0.15) is 0 Å². The van der Waals surface area contributed by atoms with Crippen molar-refractivity contribution < 1.29 is 9.47 Å². The number of hydrogen-bond acceptors (Lipinski definition) is 3. The van der Waals surface area contributed by atoms with Crippen molar-refractivity contribution in [2.24, 2.45) is 11.3 Å². The van der Waals surface area contributed by atoms with E-state index in [-0.39, 0.29) is 0 Å². The van der Waals surface area contributed by atoms with Crippen molar-refractivity contribution in [3.8, 4) is 0 Å². The highest BCUT2D eigenvalue weighted by Gasteiger charge is 2.47. The standard InChI is InChI=1S/C12H21NO2/c1-2-10-8-15-9-12(11(10)13-5-1)3-6-14-7-4-12/h10-11,13H,1-9H2. The van der Waals surface area contributed by atoms with E-state index in [9.17, 15) is 0 Å². The van der Waals surface area contributed by atoms with Gasteiger partial charge in [0.2, 0.25) is 0 Å². The van der Waals surface area contributed by atoms with Crippen LogP contribution in [0.2, 0.25) is 0 Å². The minimum atomic E-state index is 0.390. The van der Waals surface area contributed by atoms with Crippen LogP contribution in [0, 0.1) is 11.3 Å². The monoisotopic (exact) mass is 211 g/mol. The molecule has 0 aliphatic carbocycles. The Balaban J connectivity index is 1.79. The Morgan fingerprint density at radius 2 is 2.00 bits per heavy atom. The van der Waals surface area contributed by atoms with Gasteiger partial charge in [0.05, 0.1) is 13.2 Å². The number of hydrogen-bond donors (Lipinski definition) is 1. The second-order valence-electron chi connectivity index (χ2n) is 5.32. The van der Waals surface area contributed by atoms with E-state index in [0.29, 0.717) is 11.5 Å². The molecule has 0 aromatic rings. The molecule has 3 heteroatoms.